The highest BCUT2D eigenvalue weighted by atomic mass is 16.3. The summed E-state index contributed by atoms with van der Waals surface area (Å²) < 4.78 is 5.19. The van der Waals surface area contributed by atoms with Gasteiger partial charge >= 0.3 is 5.91 Å². The second-order valence-electron chi connectivity index (χ2n) is 5.15. The first-order chi connectivity index (χ1) is 9.11. The van der Waals surface area contributed by atoms with Crippen molar-refractivity contribution in [3.05, 3.63) is 23.7 Å². The predicted octanol–water partition coefficient (Wildman–Crippen LogP) is 0.409. The fourth-order valence-corrected chi connectivity index (χ4v) is 2.40. The lowest BCUT2D eigenvalue weighted by Gasteiger charge is -2.36. The van der Waals surface area contributed by atoms with Gasteiger partial charge in [0.15, 0.2) is 5.76 Å². The molecule has 6 nitrogen and oxygen atoms in total. The zero-order chi connectivity index (χ0) is 13.8. The Kier molecular flexibility index (Phi) is 4.57. The van der Waals surface area contributed by atoms with Gasteiger partial charge in [0.1, 0.15) is 0 Å². The molecule has 1 aromatic heterocycles. The third kappa shape index (κ3) is 3.34. The molecule has 0 spiro atoms. The number of nitrogens with one attached hydrogen (secondary N) is 1. The Labute approximate surface area is 113 Å². The minimum atomic E-state index is -0.374. The maximum Gasteiger partial charge on any atom is 0.301 e. The molecule has 2 rings (SSSR count). The van der Waals surface area contributed by atoms with Crippen molar-refractivity contribution in [1.82, 2.24) is 15.2 Å². The Morgan fingerprint density at radius 3 is 2.68 bits per heavy atom. The van der Waals surface area contributed by atoms with Crippen molar-refractivity contribution in [3.63, 3.8) is 0 Å². The zero-order valence-electron chi connectivity index (χ0n) is 11.6. The summed E-state index contributed by atoms with van der Waals surface area (Å²) >= 11 is 0. The maximum absolute atomic E-state index is 11.5. The SMILES string of the molecule is CC(C)N1CCN(Cc2ccoc2C(=O)NN)CC1. The van der Waals surface area contributed by atoms with Gasteiger partial charge in [-0.3, -0.25) is 20.0 Å². The summed E-state index contributed by atoms with van der Waals surface area (Å²) in [6.07, 6.45) is 1.53. The summed E-state index contributed by atoms with van der Waals surface area (Å²) in [6, 6.07) is 2.43. The Bertz CT molecular complexity index is 422. The number of furan rings is 1. The first-order valence-corrected chi connectivity index (χ1v) is 6.65. The van der Waals surface area contributed by atoms with E-state index in [1.54, 1.807) is 0 Å². The van der Waals surface area contributed by atoms with E-state index in [0.29, 0.717) is 11.8 Å². The number of hydrazine groups is 1. The van der Waals surface area contributed by atoms with Gasteiger partial charge in [-0.15, -0.1) is 0 Å². The van der Waals surface area contributed by atoms with Crippen LogP contribution in [0.15, 0.2) is 16.7 Å². The second kappa shape index (κ2) is 6.18. The van der Waals surface area contributed by atoms with E-state index < -0.39 is 0 Å². The molecule has 1 amide bonds. The first-order valence-electron chi connectivity index (χ1n) is 6.65. The smallest absolute Gasteiger partial charge is 0.301 e. The van der Waals surface area contributed by atoms with Crippen LogP contribution in [0.25, 0.3) is 0 Å². The van der Waals surface area contributed by atoms with Gasteiger partial charge in [0.2, 0.25) is 0 Å². The molecule has 1 aliphatic heterocycles. The van der Waals surface area contributed by atoms with Crippen molar-refractivity contribution in [2.75, 3.05) is 26.2 Å². The third-order valence-corrected chi connectivity index (χ3v) is 3.62. The Morgan fingerprint density at radius 2 is 2.11 bits per heavy atom. The van der Waals surface area contributed by atoms with Crippen molar-refractivity contribution in [2.45, 2.75) is 26.4 Å². The maximum atomic E-state index is 11.5. The Hall–Kier alpha value is -1.37. The quantitative estimate of drug-likeness (QED) is 0.469. The average molecular weight is 266 g/mol. The van der Waals surface area contributed by atoms with Gasteiger partial charge in [-0.05, 0) is 19.9 Å². The number of nitrogen functional groups attached to an aromatic ring is 1. The van der Waals surface area contributed by atoms with E-state index in [0.717, 1.165) is 38.3 Å². The summed E-state index contributed by atoms with van der Waals surface area (Å²) in [5.74, 6) is 5.08. The number of carbonyl (C=O) groups excluding carboxylic acids is 1. The Morgan fingerprint density at radius 1 is 1.42 bits per heavy atom. The monoisotopic (exact) mass is 266 g/mol. The molecule has 1 fully saturated rings. The molecule has 0 bridgehead atoms. The molecular formula is C13H22N4O2. The largest absolute Gasteiger partial charge is 0.459 e. The molecule has 0 radical (unpaired) electrons. The van der Waals surface area contributed by atoms with Gasteiger partial charge in [-0.2, -0.15) is 0 Å². The predicted molar refractivity (Wildman–Crippen MR) is 72.3 cm³/mol. The summed E-state index contributed by atoms with van der Waals surface area (Å²) in [5.41, 5.74) is 3.00. The topological polar surface area (TPSA) is 74.7 Å². The van der Waals surface area contributed by atoms with Crippen LogP contribution in [0, 0.1) is 0 Å². The van der Waals surface area contributed by atoms with Crippen LogP contribution in [0.2, 0.25) is 0 Å². The lowest BCUT2D eigenvalue weighted by molar-refractivity contribution is 0.0912. The number of nitrogens with zero attached hydrogens (tertiary/aromatic N) is 2. The number of piperazine rings is 1. The molecule has 1 aromatic rings. The Balaban J connectivity index is 1.93. The third-order valence-electron chi connectivity index (χ3n) is 3.62. The van der Waals surface area contributed by atoms with E-state index in [1.165, 1.54) is 6.26 Å². The highest BCUT2D eigenvalue weighted by molar-refractivity contribution is 5.92. The average Bonchev–Trinajstić information content (AvgIpc) is 2.86. The van der Waals surface area contributed by atoms with Crippen LogP contribution in [-0.4, -0.2) is 47.9 Å². The van der Waals surface area contributed by atoms with Crippen molar-refractivity contribution >= 4 is 5.91 Å². The summed E-state index contributed by atoms with van der Waals surface area (Å²) in [7, 11) is 0. The molecule has 19 heavy (non-hydrogen) atoms. The standard InChI is InChI=1S/C13H22N4O2/c1-10(2)17-6-4-16(5-7-17)9-11-3-8-19-12(11)13(18)15-14/h3,8,10H,4-7,9,14H2,1-2H3,(H,15,18). The minimum Gasteiger partial charge on any atom is -0.459 e. The van der Waals surface area contributed by atoms with Gasteiger partial charge in [0.25, 0.3) is 0 Å². The van der Waals surface area contributed by atoms with Gasteiger partial charge < -0.3 is 4.42 Å². The van der Waals surface area contributed by atoms with E-state index in [9.17, 15) is 4.79 Å². The second-order valence-corrected chi connectivity index (χ2v) is 5.15. The van der Waals surface area contributed by atoms with Crippen molar-refractivity contribution in [1.29, 1.82) is 0 Å². The minimum absolute atomic E-state index is 0.314. The molecule has 1 aliphatic rings. The van der Waals surface area contributed by atoms with Crippen LogP contribution >= 0.6 is 0 Å². The van der Waals surface area contributed by atoms with Crippen LogP contribution < -0.4 is 11.3 Å². The lowest BCUT2D eigenvalue weighted by atomic mass is 10.2. The first kappa shape index (κ1) is 14.0. The van der Waals surface area contributed by atoms with Gasteiger partial charge in [-0.25, -0.2) is 5.84 Å². The molecule has 6 heteroatoms. The van der Waals surface area contributed by atoms with E-state index in [1.807, 2.05) is 6.07 Å². The summed E-state index contributed by atoms with van der Waals surface area (Å²) in [6.45, 7) is 9.30. The molecule has 1 saturated heterocycles. The van der Waals surface area contributed by atoms with E-state index in [4.69, 9.17) is 10.3 Å². The molecule has 0 aromatic carbocycles. The van der Waals surface area contributed by atoms with Crippen molar-refractivity contribution in [2.24, 2.45) is 5.84 Å². The van der Waals surface area contributed by atoms with Crippen molar-refractivity contribution in [3.8, 4) is 0 Å². The van der Waals surface area contributed by atoms with Crippen LogP contribution in [0.3, 0.4) is 0 Å². The van der Waals surface area contributed by atoms with Crippen molar-refractivity contribution < 1.29 is 9.21 Å². The number of nitrogens with two attached hydrogens (primary N) is 1. The number of carbonyl (C=O) groups is 1. The molecule has 3 N–H and O–H groups in total. The van der Waals surface area contributed by atoms with Crippen LogP contribution in [0.5, 0.6) is 0 Å². The number of hydrogen-bond acceptors (Lipinski definition) is 5. The molecule has 106 valence electrons. The van der Waals surface area contributed by atoms with Gasteiger partial charge in [-0.1, -0.05) is 0 Å². The fraction of sp³-hybridized carbons (Fsp3) is 0.615. The highest BCUT2D eigenvalue weighted by Gasteiger charge is 2.21. The molecule has 0 unspecified atom stereocenters. The van der Waals surface area contributed by atoms with Crippen LogP contribution in [0.4, 0.5) is 0 Å². The molecular weight excluding hydrogens is 244 g/mol. The normalized spacial score (nSPS) is 17.9. The van der Waals surface area contributed by atoms with E-state index in [-0.39, 0.29) is 5.91 Å². The fourth-order valence-electron chi connectivity index (χ4n) is 2.40. The summed E-state index contributed by atoms with van der Waals surface area (Å²) in [5, 5.41) is 0. The zero-order valence-corrected chi connectivity index (χ0v) is 11.6. The van der Waals surface area contributed by atoms with Gasteiger partial charge in [0.05, 0.1) is 6.26 Å². The highest BCUT2D eigenvalue weighted by Crippen LogP contribution is 2.15. The van der Waals surface area contributed by atoms with Crippen LogP contribution in [0.1, 0.15) is 30.0 Å². The molecule has 0 aliphatic carbocycles. The van der Waals surface area contributed by atoms with E-state index in [2.05, 4.69) is 29.1 Å². The number of hydrogen-bond donors (Lipinski definition) is 2. The van der Waals surface area contributed by atoms with Gasteiger partial charge in [0, 0.05) is 44.3 Å². The molecule has 2 heterocycles. The number of rotatable bonds is 4. The molecule has 0 saturated carbocycles. The van der Waals surface area contributed by atoms with Crippen LogP contribution in [-0.2, 0) is 6.54 Å². The number of amides is 1. The van der Waals surface area contributed by atoms with E-state index >= 15 is 0 Å². The molecule has 0 atom stereocenters. The summed E-state index contributed by atoms with van der Waals surface area (Å²) in [4.78, 5) is 16.3. The lowest BCUT2D eigenvalue weighted by Crippen LogP contribution is -2.48.